The number of nitrogens with zero attached hydrogens (tertiary/aromatic N) is 3. The van der Waals surface area contributed by atoms with E-state index in [2.05, 4.69) is 15.2 Å². The highest BCUT2D eigenvalue weighted by atomic mass is 35.5. The zero-order valence-corrected chi connectivity index (χ0v) is 20.0. The van der Waals surface area contributed by atoms with Gasteiger partial charge in [0, 0.05) is 66.1 Å². The van der Waals surface area contributed by atoms with E-state index in [9.17, 15) is 9.59 Å². The Bertz CT molecular complexity index is 1250. The third kappa shape index (κ3) is 4.19. The summed E-state index contributed by atoms with van der Waals surface area (Å²) in [6.07, 6.45) is 3.52. The molecule has 0 radical (unpaired) electrons. The van der Waals surface area contributed by atoms with E-state index in [4.69, 9.17) is 21.1 Å². The fourth-order valence-corrected chi connectivity index (χ4v) is 4.88. The number of carbonyl (C=O) groups excluding carboxylic acids is 2. The summed E-state index contributed by atoms with van der Waals surface area (Å²) in [5, 5.41) is 3.34. The van der Waals surface area contributed by atoms with Gasteiger partial charge in [0.1, 0.15) is 12.4 Å². The SMILES string of the molecule is COc1ccccc1C1(OCC(=O)N2CCN(c3ccncc3)CC2)C(=O)Nc2ccc(Cl)cc21. The van der Waals surface area contributed by atoms with Crippen LogP contribution >= 0.6 is 11.6 Å². The Morgan fingerprint density at radius 1 is 1.06 bits per heavy atom. The number of benzene rings is 2. The largest absolute Gasteiger partial charge is 0.496 e. The Morgan fingerprint density at radius 3 is 2.54 bits per heavy atom. The number of hydrogen-bond donors (Lipinski definition) is 1. The summed E-state index contributed by atoms with van der Waals surface area (Å²) < 4.78 is 11.8. The van der Waals surface area contributed by atoms with E-state index in [-0.39, 0.29) is 12.5 Å². The highest BCUT2D eigenvalue weighted by Crippen LogP contribution is 2.47. The van der Waals surface area contributed by atoms with Gasteiger partial charge < -0.3 is 24.6 Å². The van der Waals surface area contributed by atoms with Crippen LogP contribution in [0.15, 0.2) is 67.0 Å². The molecule has 1 fully saturated rings. The van der Waals surface area contributed by atoms with Gasteiger partial charge in [-0.05, 0) is 36.4 Å². The third-order valence-corrected chi connectivity index (χ3v) is 6.72. The van der Waals surface area contributed by atoms with Crippen molar-refractivity contribution in [2.75, 3.05) is 50.1 Å². The van der Waals surface area contributed by atoms with Crippen LogP contribution in [0.25, 0.3) is 0 Å². The Morgan fingerprint density at radius 2 is 1.80 bits per heavy atom. The van der Waals surface area contributed by atoms with Crippen molar-refractivity contribution in [1.29, 1.82) is 0 Å². The Balaban J connectivity index is 1.39. The van der Waals surface area contributed by atoms with E-state index in [0.29, 0.717) is 53.8 Å². The van der Waals surface area contributed by atoms with Crippen molar-refractivity contribution in [3.8, 4) is 5.75 Å². The predicted octanol–water partition coefficient (Wildman–Crippen LogP) is 3.30. The lowest BCUT2D eigenvalue weighted by atomic mass is 9.86. The molecule has 3 aromatic rings. The molecule has 2 aliphatic rings. The van der Waals surface area contributed by atoms with Crippen LogP contribution in [0.4, 0.5) is 11.4 Å². The van der Waals surface area contributed by atoms with E-state index in [1.165, 1.54) is 7.11 Å². The summed E-state index contributed by atoms with van der Waals surface area (Å²) in [6.45, 7) is 2.24. The van der Waals surface area contributed by atoms with Gasteiger partial charge in [-0.1, -0.05) is 29.8 Å². The maximum absolute atomic E-state index is 13.5. The minimum absolute atomic E-state index is 0.183. The molecule has 0 aliphatic carbocycles. The van der Waals surface area contributed by atoms with E-state index in [1.807, 2.05) is 18.2 Å². The standard InChI is InChI=1S/C26H25ClN4O4/c1-34-23-5-3-2-4-20(23)26(21-16-18(27)6-7-22(21)29-25(26)33)35-17-24(32)31-14-12-30(13-15-31)19-8-10-28-11-9-19/h2-11,16H,12-15,17H2,1H3,(H,29,33). The molecular formula is C26H25ClN4O4. The number of anilines is 2. The van der Waals surface area contributed by atoms with Crippen LogP contribution in [-0.2, 0) is 19.9 Å². The molecule has 0 saturated carbocycles. The van der Waals surface area contributed by atoms with Crippen molar-refractivity contribution in [3.63, 3.8) is 0 Å². The molecule has 0 bridgehead atoms. The molecule has 2 aromatic carbocycles. The molecule has 2 aliphatic heterocycles. The van der Waals surface area contributed by atoms with E-state index in [1.54, 1.807) is 53.7 Å². The van der Waals surface area contributed by atoms with Crippen LogP contribution in [0.1, 0.15) is 11.1 Å². The molecule has 2 amide bonds. The van der Waals surface area contributed by atoms with Gasteiger partial charge in [-0.15, -0.1) is 0 Å². The molecule has 1 saturated heterocycles. The Kier molecular flexibility index (Phi) is 6.32. The monoisotopic (exact) mass is 492 g/mol. The van der Waals surface area contributed by atoms with Crippen LogP contribution < -0.4 is 15.0 Å². The number of methoxy groups -OCH3 is 1. The number of nitrogens with one attached hydrogen (secondary N) is 1. The predicted molar refractivity (Wildman–Crippen MR) is 133 cm³/mol. The van der Waals surface area contributed by atoms with Crippen LogP contribution in [0.5, 0.6) is 5.75 Å². The van der Waals surface area contributed by atoms with Crippen LogP contribution in [0.2, 0.25) is 5.02 Å². The smallest absolute Gasteiger partial charge is 0.266 e. The number of ether oxygens (including phenoxy) is 2. The molecule has 1 N–H and O–H groups in total. The van der Waals surface area contributed by atoms with Crippen LogP contribution in [0, 0.1) is 0 Å². The summed E-state index contributed by atoms with van der Waals surface area (Å²) in [6, 6.07) is 16.2. The molecule has 9 heteroatoms. The fourth-order valence-electron chi connectivity index (χ4n) is 4.70. The lowest BCUT2D eigenvalue weighted by Crippen LogP contribution is -2.51. The Hall–Kier alpha value is -3.62. The summed E-state index contributed by atoms with van der Waals surface area (Å²) in [5.74, 6) is -0.0969. The molecule has 1 aromatic heterocycles. The molecule has 180 valence electrons. The number of piperazine rings is 1. The van der Waals surface area contributed by atoms with E-state index < -0.39 is 11.5 Å². The van der Waals surface area contributed by atoms with Crippen molar-refractivity contribution >= 4 is 34.8 Å². The second-order valence-electron chi connectivity index (χ2n) is 8.39. The minimum atomic E-state index is -1.57. The first-order valence-electron chi connectivity index (χ1n) is 11.3. The van der Waals surface area contributed by atoms with Crippen molar-refractivity contribution in [2.45, 2.75) is 5.60 Å². The number of fused-ring (bicyclic) bond motifs is 1. The number of pyridine rings is 1. The minimum Gasteiger partial charge on any atom is -0.496 e. The van der Waals surface area contributed by atoms with Gasteiger partial charge in [0.2, 0.25) is 11.5 Å². The highest BCUT2D eigenvalue weighted by molar-refractivity contribution is 6.31. The van der Waals surface area contributed by atoms with Crippen molar-refractivity contribution in [2.24, 2.45) is 0 Å². The number of halogens is 1. The normalized spacial score (nSPS) is 19.3. The molecular weight excluding hydrogens is 468 g/mol. The maximum atomic E-state index is 13.5. The van der Waals surface area contributed by atoms with Gasteiger partial charge in [0.05, 0.1) is 7.11 Å². The number of amides is 2. The second-order valence-corrected chi connectivity index (χ2v) is 8.82. The van der Waals surface area contributed by atoms with Crippen LogP contribution in [0.3, 0.4) is 0 Å². The fraction of sp³-hybridized carbons (Fsp3) is 0.269. The topological polar surface area (TPSA) is 84.0 Å². The molecule has 0 spiro atoms. The number of carbonyl (C=O) groups is 2. The summed E-state index contributed by atoms with van der Waals surface area (Å²) in [5.41, 5.74) is 1.16. The van der Waals surface area contributed by atoms with Crippen molar-refractivity contribution in [3.05, 3.63) is 83.1 Å². The average molecular weight is 493 g/mol. The van der Waals surface area contributed by atoms with Crippen molar-refractivity contribution < 1.29 is 19.1 Å². The molecule has 8 nitrogen and oxygen atoms in total. The molecule has 3 heterocycles. The number of aromatic nitrogens is 1. The van der Waals surface area contributed by atoms with Gasteiger partial charge in [-0.25, -0.2) is 0 Å². The summed E-state index contributed by atoms with van der Waals surface area (Å²) in [7, 11) is 1.53. The quantitative estimate of drug-likeness (QED) is 0.568. The number of para-hydroxylation sites is 1. The summed E-state index contributed by atoms with van der Waals surface area (Å²) >= 11 is 6.30. The summed E-state index contributed by atoms with van der Waals surface area (Å²) in [4.78, 5) is 34.7. The number of rotatable bonds is 6. The first-order chi connectivity index (χ1) is 17.0. The zero-order chi connectivity index (χ0) is 24.4. The lowest BCUT2D eigenvalue weighted by molar-refractivity contribution is -0.148. The van der Waals surface area contributed by atoms with Gasteiger partial charge in [0.25, 0.3) is 5.91 Å². The zero-order valence-electron chi connectivity index (χ0n) is 19.2. The Labute approximate surface area is 208 Å². The molecule has 35 heavy (non-hydrogen) atoms. The third-order valence-electron chi connectivity index (χ3n) is 6.49. The second kappa shape index (κ2) is 9.56. The average Bonchev–Trinajstić information content (AvgIpc) is 3.18. The number of hydrogen-bond acceptors (Lipinski definition) is 6. The van der Waals surface area contributed by atoms with Crippen LogP contribution in [-0.4, -0.2) is 61.6 Å². The van der Waals surface area contributed by atoms with Gasteiger partial charge >= 0.3 is 0 Å². The first kappa shape index (κ1) is 23.1. The van der Waals surface area contributed by atoms with E-state index >= 15 is 0 Å². The first-order valence-corrected chi connectivity index (χ1v) is 11.7. The van der Waals surface area contributed by atoms with Gasteiger partial charge in [0.15, 0.2) is 0 Å². The molecule has 5 rings (SSSR count). The highest BCUT2D eigenvalue weighted by Gasteiger charge is 2.52. The lowest BCUT2D eigenvalue weighted by Gasteiger charge is -2.37. The van der Waals surface area contributed by atoms with Gasteiger partial charge in [-0.2, -0.15) is 0 Å². The maximum Gasteiger partial charge on any atom is 0.266 e. The van der Waals surface area contributed by atoms with Gasteiger partial charge in [-0.3, -0.25) is 14.6 Å². The van der Waals surface area contributed by atoms with Crippen molar-refractivity contribution in [1.82, 2.24) is 9.88 Å². The molecule has 1 unspecified atom stereocenters. The molecule has 1 atom stereocenters. The van der Waals surface area contributed by atoms with E-state index in [0.717, 1.165) is 5.69 Å².